The van der Waals surface area contributed by atoms with Crippen LogP contribution in [0.25, 0.3) is 10.9 Å². The van der Waals surface area contributed by atoms with Crippen LogP contribution in [0.15, 0.2) is 30.3 Å². The van der Waals surface area contributed by atoms with Crippen LogP contribution in [0, 0.1) is 12.8 Å². The molecule has 1 aromatic heterocycles. The minimum Gasteiger partial charge on any atom is -0.341 e. The zero-order valence-electron chi connectivity index (χ0n) is 15.2. The monoisotopic (exact) mass is 339 g/mol. The Morgan fingerprint density at radius 2 is 1.72 bits per heavy atom. The van der Waals surface area contributed by atoms with E-state index in [-0.39, 0.29) is 17.7 Å². The number of hydrogen-bond acceptors (Lipinski definition) is 3. The van der Waals surface area contributed by atoms with E-state index < -0.39 is 0 Å². The van der Waals surface area contributed by atoms with Crippen molar-refractivity contribution in [2.75, 3.05) is 26.2 Å². The van der Waals surface area contributed by atoms with Gasteiger partial charge in [-0.2, -0.15) is 0 Å². The van der Waals surface area contributed by atoms with Crippen molar-refractivity contribution in [1.29, 1.82) is 0 Å². The standard InChI is InChI=1S/C20H25N3O2/c1-14(2)19(24)22-9-4-10-23(12-11-22)20(25)18-8-6-16-13-15(3)5-7-17(16)21-18/h5-8,13-14H,4,9-12H2,1-3H3. The molecule has 2 aromatic rings. The first kappa shape index (κ1) is 17.4. The largest absolute Gasteiger partial charge is 0.341 e. The SMILES string of the molecule is Cc1ccc2nc(C(=O)N3CCCN(C(=O)C(C)C)CC3)ccc2c1. The molecule has 132 valence electrons. The van der Waals surface area contributed by atoms with Crippen molar-refractivity contribution in [3.8, 4) is 0 Å². The fourth-order valence-electron chi connectivity index (χ4n) is 3.23. The number of fused-ring (bicyclic) bond motifs is 1. The molecule has 1 aliphatic heterocycles. The van der Waals surface area contributed by atoms with E-state index in [1.54, 1.807) is 6.07 Å². The van der Waals surface area contributed by atoms with Gasteiger partial charge in [-0.15, -0.1) is 0 Å². The van der Waals surface area contributed by atoms with Crippen molar-refractivity contribution in [1.82, 2.24) is 14.8 Å². The van der Waals surface area contributed by atoms with Crippen molar-refractivity contribution in [2.45, 2.75) is 27.2 Å². The fourth-order valence-corrected chi connectivity index (χ4v) is 3.23. The summed E-state index contributed by atoms with van der Waals surface area (Å²) >= 11 is 0. The lowest BCUT2D eigenvalue weighted by atomic mass is 10.1. The van der Waals surface area contributed by atoms with Crippen LogP contribution in [0.3, 0.4) is 0 Å². The number of nitrogens with zero attached hydrogens (tertiary/aromatic N) is 3. The van der Waals surface area contributed by atoms with Crippen LogP contribution in [0.2, 0.25) is 0 Å². The van der Waals surface area contributed by atoms with Crippen molar-refractivity contribution in [3.63, 3.8) is 0 Å². The molecule has 0 atom stereocenters. The van der Waals surface area contributed by atoms with Crippen LogP contribution in [0.1, 0.15) is 36.3 Å². The average molecular weight is 339 g/mol. The quantitative estimate of drug-likeness (QED) is 0.845. The molecular formula is C20H25N3O2. The number of carbonyl (C=O) groups excluding carboxylic acids is 2. The Morgan fingerprint density at radius 3 is 2.48 bits per heavy atom. The molecule has 5 nitrogen and oxygen atoms in total. The number of carbonyl (C=O) groups is 2. The third kappa shape index (κ3) is 3.81. The zero-order valence-corrected chi connectivity index (χ0v) is 15.2. The number of aromatic nitrogens is 1. The molecular weight excluding hydrogens is 314 g/mol. The van der Waals surface area contributed by atoms with Crippen LogP contribution in [-0.2, 0) is 4.79 Å². The molecule has 1 fully saturated rings. The van der Waals surface area contributed by atoms with Crippen LogP contribution < -0.4 is 0 Å². The number of pyridine rings is 1. The zero-order chi connectivity index (χ0) is 18.0. The summed E-state index contributed by atoms with van der Waals surface area (Å²) in [6, 6.07) is 9.77. The number of benzene rings is 1. The van der Waals surface area contributed by atoms with E-state index in [0.29, 0.717) is 31.9 Å². The molecule has 25 heavy (non-hydrogen) atoms. The molecule has 1 aliphatic rings. The Bertz CT molecular complexity index is 801. The summed E-state index contributed by atoms with van der Waals surface area (Å²) in [7, 11) is 0. The van der Waals surface area contributed by atoms with Gasteiger partial charge in [0, 0.05) is 37.5 Å². The van der Waals surface area contributed by atoms with E-state index in [4.69, 9.17) is 0 Å². The summed E-state index contributed by atoms with van der Waals surface area (Å²) in [6.45, 7) is 8.40. The number of hydrogen-bond donors (Lipinski definition) is 0. The summed E-state index contributed by atoms with van der Waals surface area (Å²) < 4.78 is 0. The summed E-state index contributed by atoms with van der Waals surface area (Å²) in [5.74, 6) is 0.0997. The second-order valence-corrected chi connectivity index (χ2v) is 7.02. The van der Waals surface area contributed by atoms with Crippen LogP contribution >= 0.6 is 0 Å². The van der Waals surface area contributed by atoms with Gasteiger partial charge in [0.15, 0.2) is 0 Å². The molecule has 2 amide bonds. The molecule has 0 saturated carbocycles. The molecule has 3 rings (SSSR count). The molecule has 0 radical (unpaired) electrons. The van der Waals surface area contributed by atoms with Gasteiger partial charge in [-0.05, 0) is 31.5 Å². The van der Waals surface area contributed by atoms with Gasteiger partial charge in [0.25, 0.3) is 5.91 Å². The lowest BCUT2D eigenvalue weighted by Crippen LogP contribution is -2.39. The first-order chi connectivity index (χ1) is 12.0. The molecule has 1 aromatic carbocycles. The van der Waals surface area contributed by atoms with E-state index >= 15 is 0 Å². The van der Waals surface area contributed by atoms with Crippen LogP contribution in [-0.4, -0.2) is 52.8 Å². The summed E-state index contributed by atoms with van der Waals surface area (Å²) in [4.78, 5) is 33.2. The topological polar surface area (TPSA) is 53.5 Å². The third-order valence-electron chi connectivity index (χ3n) is 4.65. The van der Waals surface area contributed by atoms with Gasteiger partial charge in [-0.3, -0.25) is 9.59 Å². The van der Waals surface area contributed by atoms with Gasteiger partial charge in [-0.25, -0.2) is 4.98 Å². The second-order valence-electron chi connectivity index (χ2n) is 7.02. The molecule has 5 heteroatoms. The maximum Gasteiger partial charge on any atom is 0.272 e. The molecule has 2 heterocycles. The number of amides is 2. The van der Waals surface area contributed by atoms with Crippen molar-refractivity contribution < 1.29 is 9.59 Å². The summed E-state index contributed by atoms with van der Waals surface area (Å²) in [5, 5.41) is 1.04. The Morgan fingerprint density at radius 1 is 1.00 bits per heavy atom. The van der Waals surface area contributed by atoms with Crippen LogP contribution in [0.5, 0.6) is 0 Å². The lowest BCUT2D eigenvalue weighted by molar-refractivity contribution is -0.134. The van der Waals surface area contributed by atoms with Gasteiger partial charge < -0.3 is 9.80 Å². The molecule has 0 N–H and O–H groups in total. The smallest absolute Gasteiger partial charge is 0.272 e. The molecule has 0 bridgehead atoms. The van der Waals surface area contributed by atoms with E-state index in [1.807, 2.05) is 48.8 Å². The van der Waals surface area contributed by atoms with E-state index in [1.165, 1.54) is 5.56 Å². The molecule has 1 saturated heterocycles. The van der Waals surface area contributed by atoms with Crippen molar-refractivity contribution in [2.24, 2.45) is 5.92 Å². The molecule has 0 spiro atoms. The normalized spacial score (nSPS) is 15.5. The Kier molecular flexibility index (Phi) is 5.02. The predicted octanol–water partition coefficient (Wildman–Crippen LogP) is 2.87. The highest BCUT2D eigenvalue weighted by atomic mass is 16.2. The minimum atomic E-state index is -0.0543. The highest BCUT2D eigenvalue weighted by Crippen LogP contribution is 2.16. The second kappa shape index (κ2) is 7.21. The van der Waals surface area contributed by atoms with Crippen molar-refractivity contribution in [3.05, 3.63) is 41.6 Å². The first-order valence-corrected chi connectivity index (χ1v) is 8.91. The maximum atomic E-state index is 12.8. The predicted molar refractivity (Wildman–Crippen MR) is 98.4 cm³/mol. The average Bonchev–Trinajstić information content (AvgIpc) is 2.86. The van der Waals surface area contributed by atoms with E-state index in [9.17, 15) is 9.59 Å². The van der Waals surface area contributed by atoms with E-state index in [2.05, 4.69) is 11.1 Å². The molecule has 0 aliphatic carbocycles. The Labute approximate surface area is 148 Å². The minimum absolute atomic E-state index is 0.00661. The number of rotatable bonds is 2. The van der Waals surface area contributed by atoms with Crippen LogP contribution in [0.4, 0.5) is 0 Å². The highest BCUT2D eigenvalue weighted by molar-refractivity contribution is 5.95. The summed E-state index contributed by atoms with van der Waals surface area (Å²) in [5.41, 5.74) is 2.48. The third-order valence-corrected chi connectivity index (χ3v) is 4.65. The van der Waals surface area contributed by atoms with Gasteiger partial charge in [-0.1, -0.05) is 31.5 Å². The van der Waals surface area contributed by atoms with Gasteiger partial charge in [0.1, 0.15) is 5.69 Å². The molecule has 0 unspecified atom stereocenters. The Hall–Kier alpha value is -2.43. The van der Waals surface area contributed by atoms with Crippen molar-refractivity contribution >= 4 is 22.7 Å². The fraction of sp³-hybridized carbons (Fsp3) is 0.450. The highest BCUT2D eigenvalue weighted by Gasteiger charge is 2.24. The first-order valence-electron chi connectivity index (χ1n) is 8.91. The maximum absolute atomic E-state index is 12.8. The summed E-state index contributed by atoms with van der Waals surface area (Å²) in [6.07, 6.45) is 0.803. The van der Waals surface area contributed by atoms with Gasteiger partial charge in [0.2, 0.25) is 5.91 Å². The van der Waals surface area contributed by atoms with E-state index in [0.717, 1.165) is 17.3 Å². The lowest BCUT2D eigenvalue weighted by Gasteiger charge is -2.23. The number of aryl methyl sites for hydroxylation is 1. The van der Waals surface area contributed by atoms with Gasteiger partial charge >= 0.3 is 0 Å². The van der Waals surface area contributed by atoms with Gasteiger partial charge in [0.05, 0.1) is 5.52 Å². The Balaban J connectivity index is 1.74.